The Balaban J connectivity index is 2.10. The molecule has 0 saturated carbocycles. The number of thiazole rings is 1. The van der Waals surface area contributed by atoms with E-state index in [1.54, 1.807) is 0 Å². The third kappa shape index (κ3) is 3.71. The Hall–Kier alpha value is -3.29. The lowest BCUT2D eigenvalue weighted by atomic mass is 10.0. The molecule has 0 radical (unpaired) electrons. The number of carbonyl (C=O) groups excluding carboxylic acids is 1. The van der Waals surface area contributed by atoms with E-state index in [0.717, 1.165) is 4.88 Å². The third-order valence-corrected chi connectivity index (χ3v) is 5.09. The number of aliphatic imine (C=N–C) groups is 1. The van der Waals surface area contributed by atoms with Crippen LogP contribution in [0.4, 0.5) is 4.39 Å². The minimum absolute atomic E-state index is 0.0215. The molecule has 10 heteroatoms. The molecule has 0 aliphatic carbocycles. The molecule has 0 fully saturated rings. The van der Waals surface area contributed by atoms with Crippen LogP contribution in [0.2, 0.25) is 0 Å². The average molecular weight is 401 g/mol. The van der Waals surface area contributed by atoms with Crippen molar-refractivity contribution in [3.63, 3.8) is 0 Å². The number of nitrogens with one attached hydrogen (secondary N) is 1. The average Bonchev–Trinajstić information content (AvgIpc) is 2.98. The van der Waals surface area contributed by atoms with E-state index in [1.165, 1.54) is 30.4 Å². The van der Waals surface area contributed by atoms with Crippen molar-refractivity contribution in [2.45, 2.75) is 18.9 Å². The molecule has 2 heterocycles. The summed E-state index contributed by atoms with van der Waals surface area (Å²) >= 11 is 1.17. The molecule has 1 atom stereocenters. The molecule has 1 aromatic heterocycles. The molecule has 1 aliphatic heterocycles. The topological polar surface area (TPSA) is 148 Å². The number of amides is 1. The van der Waals surface area contributed by atoms with E-state index in [-0.39, 0.29) is 22.2 Å². The van der Waals surface area contributed by atoms with Crippen molar-refractivity contribution in [3.05, 3.63) is 33.4 Å². The van der Waals surface area contributed by atoms with Crippen LogP contribution in [0.5, 0.6) is 5.75 Å². The molecule has 1 unspecified atom stereocenters. The molecule has 144 valence electrons. The van der Waals surface area contributed by atoms with Gasteiger partial charge >= 0.3 is 0 Å². The number of halogens is 1. The van der Waals surface area contributed by atoms with Crippen LogP contribution in [0, 0.1) is 23.1 Å². The number of aliphatic hydroxyl groups is 1. The van der Waals surface area contributed by atoms with Gasteiger partial charge in [0.2, 0.25) is 0 Å². The van der Waals surface area contributed by atoms with Crippen molar-refractivity contribution in [1.29, 1.82) is 5.41 Å². The van der Waals surface area contributed by atoms with Crippen molar-refractivity contribution in [2.24, 2.45) is 16.5 Å². The fourth-order valence-corrected chi connectivity index (χ4v) is 3.40. The Bertz CT molecular complexity index is 1070. The number of primary amides is 1. The van der Waals surface area contributed by atoms with E-state index < -0.39 is 17.3 Å². The number of aromatic nitrogens is 1. The van der Waals surface area contributed by atoms with Gasteiger partial charge in [0, 0.05) is 22.9 Å². The maximum atomic E-state index is 14.5. The highest BCUT2D eigenvalue weighted by atomic mass is 32.1. The summed E-state index contributed by atoms with van der Waals surface area (Å²) in [4.78, 5) is 20.0. The van der Waals surface area contributed by atoms with Gasteiger partial charge in [-0.1, -0.05) is 11.8 Å². The Kier molecular flexibility index (Phi) is 5.13. The standard InChI is InChI=1S/C18H16FN5O3S/c1-18(26,17(22)23-8-20)4-2-9-6-10-12(7-11(9)19)27-5-3-13-14(10)24-16(28-13)15(21)25/h6-8,26H,3,5H2,1H3,(H2,21,25)(H3,20,22,23). The normalized spacial score (nSPS) is 15.0. The Morgan fingerprint density at radius 1 is 1.54 bits per heavy atom. The van der Waals surface area contributed by atoms with Crippen LogP contribution < -0.4 is 16.2 Å². The summed E-state index contributed by atoms with van der Waals surface area (Å²) in [6.45, 7) is 1.58. The van der Waals surface area contributed by atoms with Gasteiger partial charge in [-0.05, 0) is 13.0 Å². The number of ether oxygens (including phenoxy) is 1. The number of hydrogen-bond donors (Lipinski definition) is 4. The Morgan fingerprint density at radius 2 is 2.29 bits per heavy atom. The number of hydrogen-bond acceptors (Lipinski definition) is 6. The molecule has 0 saturated heterocycles. The Labute approximate surface area is 163 Å². The summed E-state index contributed by atoms with van der Waals surface area (Å²) < 4.78 is 20.1. The molecule has 3 rings (SSSR count). The highest BCUT2D eigenvalue weighted by Crippen LogP contribution is 2.38. The molecule has 1 aliphatic rings. The molecule has 0 spiro atoms. The SMILES string of the molecule is CC(O)(C#Cc1cc2c(cc1F)OCCc1sc(C(N)=O)nc1-2)C(N)=NC=N. The van der Waals surface area contributed by atoms with Crippen LogP contribution in [0.25, 0.3) is 11.3 Å². The summed E-state index contributed by atoms with van der Waals surface area (Å²) in [7, 11) is 0. The lowest BCUT2D eigenvalue weighted by Gasteiger charge is -2.14. The smallest absolute Gasteiger partial charge is 0.277 e. The van der Waals surface area contributed by atoms with Crippen molar-refractivity contribution in [1.82, 2.24) is 4.98 Å². The lowest BCUT2D eigenvalue weighted by molar-refractivity contribution is 0.1000. The van der Waals surface area contributed by atoms with E-state index in [1.807, 2.05) is 0 Å². The van der Waals surface area contributed by atoms with E-state index >= 15 is 0 Å². The first-order valence-electron chi connectivity index (χ1n) is 8.07. The minimum Gasteiger partial charge on any atom is -0.492 e. The fourth-order valence-electron chi connectivity index (χ4n) is 2.49. The van der Waals surface area contributed by atoms with Crippen LogP contribution in [0.1, 0.15) is 27.2 Å². The highest BCUT2D eigenvalue weighted by molar-refractivity contribution is 7.14. The van der Waals surface area contributed by atoms with E-state index in [4.69, 9.17) is 21.6 Å². The first-order chi connectivity index (χ1) is 13.2. The van der Waals surface area contributed by atoms with Gasteiger partial charge in [0.15, 0.2) is 10.6 Å². The first kappa shape index (κ1) is 19.5. The predicted molar refractivity (Wildman–Crippen MR) is 103 cm³/mol. The van der Waals surface area contributed by atoms with Crippen LogP contribution in [-0.2, 0) is 6.42 Å². The van der Waals surface area contributed by atoms with E-state index in [0.29, 0.717) is 30.6 Å². The fraction of sp³-hybridized carbons (Fsp3) is 0.222. The first-order valence-corrected chi connectivity index (χ1v) is 8.89. The zero-order valence-electron chi connectivity index (χ0n) is 14.7. The highest BCUT2D eigenvalue weighted by Gasteiger charge is 2.25. The van der Waals surface area contributed by atoms with Gasteiger partial charge in [0.05, 0.1) is 17.9 Å². The van der Waals surface area contributed by atoms with Crippen molar-refractivity contribution >= 4 is 29.4 Å². The van der Waals surface area contributed by atoms with Crippen molar-refractivity contribution < 1.29 is 19.0 Å². The van der Waals surface area contributed by atoms with Crippen LogP contribution in [-0.4, -0.2) is 40.4 Å². The quantitative estimate of drug-likeness (QED) is 0.345. The summed E-state index contributed by atoms with van der Waals surface area (Å²) in [5.41, 5.74) is 9.98. The van der Waals surface area contributed by atoms with Crippen molar-refractivity contribution in [2.75, 3.05) is 6.61 Å². The molecule has 6 N–H and O–H groups in total. The summed E-state index contributed by atoms with van der Waals surface area (Å²) in [5.74, 6) is 3.68. The maximum absolute atomic E-state index is 14.5. The second-order valence-electron chi connectivity index (χ2n) is 6.05. The molecule has 8 nitrogen and oxygen atoms in total. The second kappa shape index (κ2) is 7.38. The molecule has 1 amide bonds. The summed E-state index contributed by atoms with van der Waals surface area (Å²) in [5, 5.41) is 17.3. The number of amidine groups is 1. The predicted octanol–water partition coefficient (Wildman–Crippen LogP) is 1.05. The number of rotatable bonds is 3. The van der Waals surface area contributed by atoms with Crippen LogP contribution in [0.3, 0.4) is 0 Å². The van der Waals surface area contributed by atoms with E-state index in [2.05, 4.69) is 21.8 Å². The van der Waals surface area contributed by atoms with Gasteiger partial charge in [0.1, 0.15) is 23.7 Å². The monoisotopic (exact) mass is 401 g/mol. The van der Waals surface area contributed by atoms with Gasteiger partial charge in [-0.25, -0.2) is 14.4 Å². The minimum atomic E-state index is -1.85. The maximum Gasteiger partial charge on any atom is 0.277 e. The van der Waals surface area contributed by atoms with Gasteiger partial charge < -0.3 is 21.3 Å². The number of nitrogens with zero attached hydrogens (tertiary/aromatic N) is 2. The molecular weight excluding hydrogens is 385 g/mol. The zero-order valence-corrected chi connectivity index (χ0v) is 15.6. The largest absolute Gasteiger partial charge is 0.492 e. The lowest BCUT2D eigenvalue weighted by Crippen LogP contribution is -2.39. The van der Waals surface area contributed by atoms with Crippen LogP contribution >= 0.6 is 11.3 Å². The van der Waals surface area contributed by atoms with E-state index in [9.17, 15) is 14.3 Å². The molecule has 28 heavy (non-hydrogen) atoms. The van der Waals surface area contributed by atoms with Crippen molar-refractivity contribution in [3.8, 4) is 28.8 Å². The van der Waals surface area contributed by atoms with Gasteiger partial charge in [-0.15, -0.1) is 11.3 Å². The van der Waals surface area contributed by atoms with Gasteiger partial charge in [-0.3, -0.25) is 10.2 Å². The second-order valence-corrected chi connectivity index (χ2v) is 7.13. The number of carbonyl (C=O) groups is 1. The van der Waals surface area contributed by atoms with Gasteiger partial charge in [0.25, 0.3) is 5.91 Å². The Morgan fingerprint density at radius 3 is 2.96 bits per heavy atom. The number of nitrogens with two attached hydrogens (primary N) is 2. The number of benzene rings is 1. The molecule has 2 aromatic rings. The summed E-state index contributed by atoms with van der Waals surface area (Å²) in [6, 6.07) is 2.62. The van der Waals surface area contributed by atoms with Gasteiger partial charge in [-0.2, -0.15) is 0 Å². The molecular formula is C18H16FN5O3S. The van der Waals surface area contributed by atoms with Crippen LogP contribution in [0.15, 0.2) is 17.1 Å². The molecule has 0 bridgehead atoms. The molecule has 1 aromatic carbocycles. The zero-order chi connectivity index (χ0) is 20.5. The number of fused-ring (bicyclic) bond motifs is 3. The third-order valence-electron chi connectivity index (χ3n) is 3.96. The summed E-state index contributed by atoms with van der Waals surface area (Å²) in [6.07, 6.45) is 1.18.